The van der Waals surface area contributed by atoms with Crippen molar-refractivity contribution in [3.05, 3.63) is 22.0 Å². The average Bonchev–Trinajstić information content (AvgIpc) is 3.00. The fourth-order valence-electron chi connectivity index (χ4n) is 2.98. The minimum absolute atomic E-state index is 0.114. The lowest BCUT2D eigenvalue weighted by molar-refractivity contribution is -0.141. The number of carboxylic acids is 1. The first-order chi connectivity index (χ1) is 12.9. The largest absolute Gasteiger partial charge is 0.481 e. The van der Waals surface area contributed by atoms with E-state index >= 15 is 0 Å². The highest BCUT2D eigenvalue weighted by atomic mass is 28.3. The number of halogens is 3. The van der Waals surface area contributed by atoms with Gasteiger partial charge in [0.15, 0.2) is 0 Å². The summed E-state index contributed by atoms with van der Waals surface area (Å²) < 4.78 is 45.8. The Morgan fingerprint density at radius 2 is 2.07 bits per heavy atom. The number of rotatable bonds is 8. The number of carboxylic acid groups (broad SMARTS) is 1. The smallest absolute Gasteiger partial charge is 0.421 e. The molecule has 0 amide bonds. The highest BCUT2D eigenvalue weighted by Gasteiger charge is 2.36. The van der Waals surface area contributed by atoms with Gasteiger partial charge in [-0.1, -0.05) is 19.6 Å². The SMILES string of the molecule is C[Si](C)(C)CCOCn1nc(NC2CCC(C(=O)O)C2)cc(C(F)(F)F)c1=O. The Balaban J connectivity index is 2.16. The summed E-state index contributed by atoms with van der Waals surface area (Å²) in [6, 6.07) is 1.17. The summed E-state index contributed by atoms with van der Waals surface area (Å²) in [7, 11) is -1.37. The van der Waals surface area contributed by atoms with Crippen molar-refractivity contribution in [2.75, 3.05) is 11.9 Å². The summed E-state index contributed by atoms with van der Waals surface area (Å²) in [5, 5.41) is 15.8. The highest BCUT2D eigenvalue weighted by Crippen LogP contribution is 2.30. The molecule has 28 heavy (non-hydrogen) atoms. The maximum absolute atomic E-state index is 13.3. The number of nitrogens with zero attached hydrogens (tertiary/aromatic N) is 2. The van der Waals surface area contributed by atoms with Crippen LogP contribution >= 0.6 is 0 Å². The van der Waals surface area contributed by atoms with Gasteiger partial charge in [-0.25, -0.2) is 4.68 Å². The zero-order valence-electron chi connectivity index (χ0n) is 16.2. The fourth-order valence-corrected chi connectivity index (χ4v) is 3.74. The van der Waals surface area contributed by atoms with Gasteiger partial charge in [-0.05, 0) is 25.3 Å². The summed E-state index contributed by atoms with van der Waals surface area (Å²) in [6.07, 6.45) is -3.58. The molecule has 1 aliphatic carbocycles. The first-order valence-electron chi connectivity index (χ1n) is 9.13. The van der Waals surface area contributed by atoms with Gasteiger partial charge in [0.2, 0.25) is 0 Å². The Morgan fingerprint density at radius 1 is 1.39 bits per heavy atom. The molecule has 2 N–H and O–H groups in total. The van der Waals surface area contributed by atoms with Crippen molar-refractivity contribution in [1.29, 1.82) is 0 Å². The van der Waals surface area contributed by atoms with E-state index in [1.54, 1.807) is 0 Å². The van der Waals surface area contributed by atoms with Crippen molar-refractivity contribution in [2.45, 2.75) is 63.9 Å². The van der Waals surface area contributed by atoms with E-state index in [9.17, 15) is 22.8 Å². The van der Waals surface area contributed by atoms with Gasteiger partial charge in [0.1, 0.15) is 18.1 Å². The van der Waals surface area contributed by atoms with Crippen LogP contribution in [0.25, 0.3) is 0 Å². The Bertz CT molecular complexity index is 761. The van der Waals surface area contributed by atoms with E-state index < -0.39 is 37.3 Å². The molecule has 0 bridgehead atoms. The average molecular weight is 421 g/mol. The second-order valence-corrected chi connectivity index (χ2v) is 13.9. The summed E-state index contributed by atoms with van der Waals surface area (Å²) in [5.74, 6) is -1.57. The number of nitrogens with one attached hydrogen (secondary N) is 1. The standard InChI is InChI=1S/C17H26F3N3O4Si/c1-28(2,3)7-6-27-10-23-15(24)13(17(18,19)20)9-14(22-23)21-12-5-4-11(8-12)16(25)26/h9,11-12H,4-8,10H2,1-3H3,(H,21,22)(H,25,26). The van der Waals surface area contributed by atoms with Gasteiger partial charge in [0.25, 0.3) is 5.56 Å². The number of hydrogen-bond donors (Lipinski definition) is 2. The third-order valence-corrected chi connectivity index (χ3v) is 6.33. The molecule has 1 fully saturated rings. The van der Waals surface area contributed by atoms with Gasteiger partial charge in [-0.2, -0.15) is 13.2 Å². The maximum atomic E-state index is 13.3. The predicted octanol–water partition coefficient (Wildman–Crippen LogP) is 3.24. The molecule has 158 valence electrons. The Labute approximate surface area is 161 Å². The van der Waals surface area contributed by atoms with Crippen LogP contribution in [0.15, 0.2) is 10.9 Å². The van der Waals surface area contributed by atoms with Crippen LogP contribution in [0.5, 0.6) is 0 Å². The normalized spacial score (nSPS) is 20.4. The Morgan fingerprint density at radius 3 is 2.61 bits per heavy atom. The second-order valence-electron chi connectivity index (χ2n) is 8.28. The van der Waals surface area contributed by atoms with E-state index in [0.29, 0.717) is 36.6 Å². The van der Waals surface area contributed by atoms with Crippen LogP contribution < -0.4 is 10.9 Å². The van der Waals surface area contributed by atoms with Crippen molar-refractivity contribution in [1.82, 2.24) is 9.78 Å². The molecule has 11 heteroatoms. The molecule has 2 atom stereocenters. The number of alkyl halides is 3. The van der Waals surface area contributed by atoms with Gasteiger partial charge in [-0.3, -0.25) is 9.59 Å². The number of ether oxygens (including phenoxy) is 1. The molecule has 0 saturated heterocycles. The lowest BCUT2D eigenvalue weighted by atomic mass is 10.1. The minimum Gasteiger partial charge on any atom is -0.481 e. The number of hydrogen-bond acceptors (Lipinski definition) is 5. The van der Waals surface area contributed by atoms with E-state index in [1.165, 1.54) is 0 Å². The van der Waals surface area contributed by atoms with Crippen LogP contribution in [0.4, 0.5) is 19.0 Å². The highest BCUT2D eigenvalue weighted by molar-refractivity contribution is 6.76. The van der Waals surface area contributed by atoms with Crippen molar-refractivity contribution in [3.63, 3.8) is 0 Å². The lowest BCUT2D eigenvalue weighted by Gasteiger charge is -2.18. The molecular weight excluding hydrogens is 395 g/mol. The molecule has 1 heterocycles. The topological polar surface area (TPSA) is 93.4 Å². The van der Waals surface area contributed by atoms with Crippen molar-refractivity contribution < 1.29 is 27.8 Å². The van der Waals surface area contributed by atoms with Crippen LogP contribution in [0.1, 0.15) is 24.8 Å². The summed E-state index contributed by atoms with van der Waals surface area (Å²) in [6.45, 7) is 6.38. The van der Waals surface area contributed by atoms with Crippen molar-refractivity contribution >= 4 is 19.9 Å². The monoisotopic (exact) mass is 421 g/mol. The first kappa shape index (κ1) is 22.4. The van der Waals surface area contributed by atoms with Crippen LogP contribution in [0, 0.1) is 5.92 Å². The van der Waals surface area contributed by atoms with E-state index in [4.69, 9.17) is 9.84 Å². The van der Waals surface area contributed by atoms with E-state index in [0.717, 1.165) is 6.04 Å². The number of anilines is 1. The van der Waals surface area contributed by atoms with Gasteiger partial charge >= 0.3 is 12.1 Å². The van der Waals surface area contributed by atoms with Crippen LogP contribution in [-0.4, -0.2) is 41.6 Å². The first-order valence-corrected chi connectivity index (χ1v) is 12.8. The Hall–Kier alpha value is -1.88. The van der Waals surface area contributed by atoms with Gasteiger partial charge in [0, 0.05) is 26.8 Å². The predicted molar refractivity (Wildman–Crippen MR) is 100.0 cm³/mol. The summed E-state index contributed by atoms with van der Waals surface area (Å²) in [4.78, 5) is 23.2. The van der Waals surface area contributed by atoms with E-state index in [2.05, 4.69) is 30.1 Å². The van der Waals surface area contributed by atoms with Gasteiger partial charge in [0.05, 0.1) is 5.92 Å². The van der Waals surface area contributed by atoms with Gasteiger partial charge in [-0.15, -0.1) is 5.10 Å². The quantitative estimate of drug-likeness (QED) is 0.494. The van der Waals surface area contributed by atoms with Crippen LogP contribution in [0.2, 0.25) is 25.7 Å². The summed E-state index contributed by atoms with van der Waals surface area (Å²) >= 11 is 0. The minimum atomic E-state index is -4.82. The molecule has 0 aliphatic heterocycles. The molecule has 1 aromatic heterocycles. The van der Waals surface area contributed by atoms with E-state index in [1.807, 2.05) is 0 Å². The van der Waals surface area contributed by atoms with Crippen LogP contribution in [-0.2, 0) is 22.4 Å². The molecule has 1 aromatic rings. The lowest BCUT2D eigenvalue weighted by Crippen LogP contribution is -2.33. The molecule has 1 saturated carbocycles. The molecular formula is C17H26F3N3O4Si. The number of aliphatic carboxylic acids is 1. The van der Waals surface area contributed by atoms with Crippen molar-refractivity contribution in [3.8, 4) is 0 Å². The fraction of sp³-hybridized carbons (Fsp3) is 0.706. The third-order valence-electron chi connectivity index (χ3n) is 4.62. The van der Waals surface area contributed by atoms with Crippen molar-refractivity contribution in [2.24, 2.45) is 5.92 Å². The molecule has 0 spiro atoms. The Kier molecular flexibility index (Phi) is 6.91. The molecule has 0 radical (unpaired) electrons. The summed E-state index contributed by atoms with van der Waals surface area (Å²) in [5.41, 5.74) is -2.59. The zero-order valence-corrected chi connectivity index (χ0v) is 17.2. The molecule has 0 aromatic carbocycles. The maximum Gasteiger partial charge on any atom is 0.421 e. The molecule has 7 nitrogen and oxygen atoms in total. The molecule has 2 unspecified atom stereocenters. The zero-order chi connectivity index (χ0) is 21.1. The van der Waals surface area contributed by atoms with E-state index in [-0.39, 0.29) is 18.6 Å². The molecule has 1 aliphatic rings. The molecule has 2 rings (SSSR count). The third kappa shape index (κ3) is 6.33. The van der Waals surface area contributed by atoms with Gasteiger partial charge < -0.3 is 15.2 Å². The second kappa shape index (κ2) is 8.64. The van der Waals surface area contributed by atoms with Crippen LogP contribution in [0.3, 0.4) is 0 Å². The number of carbonyl (C=O) groups is 1. The number of aromatic nitrogens is 2.